The molecule has 1 saturated carbocycles. The molecule has 1 aliphatic carbocycles. The summed E-state index contributed by atoms with van der Waals surface area (Å²) in [7, 11) is 0. The van der Waals surface area contributed by atoms with Crippen molar-refractivity contribution in [2.45, 2.75) is 18.9 Å². The highest BCUT2D eigenvalue weighted by Crippen LogP contribution is 2.33. The van der Waals surface area contributed by atoms with Crippen molar-refractivity contribution in [2.24, 2.45) is 5.92 Å². The minimum Gasteiger partial charge on any atom is -0.490 e. The third-order valence-corrected chi connectivity index (χ3v) is 3.43. The summed E-state index contributed by atoms with van der Waals surface area (Å²) in [5, 5.41) is 8.93. The summed E-state index contributed by atoms with van der Waals surface area (Å²) in [5.41, 5.74) is 1.00. The number of hydrogen-bond donors (Lipinski definition) is 1. The molecule has 2 rings (SSSR count). The number of benzene rings is 1. The van der Waals surface area contributed by atoms with Gasteiger partial charge in [0.05, 0.1) is 6.10 Å². The monoisotopic (exact) mass is 282 g/mol. The lowest BCUT2D eigenvalue weighted by Gasteiger charge is -2.34. The topological polar surface area (TPSA) is 29.5 Å². The summed E-state index contributed by atoms with van der Waals surface area (Å²) in [6.07, 6.45) is 3.94. The predicted octanol–water partition coefficient (Wildman–Crippen LogP) is 3.24. The average molecular weight is 283 g/mol. The molecule has 1 fully saturated rings. The van der Waals surface area contributed by atoms with Gasteiger partial charge in [-0.3, -0.25) is 0 Å². The van der Waals surface area contributed by atoms with E-state index in [1.807, 2.05) is 18.2 Å². The molecule has 86 valence electrons. The quantitative estimate of drug-likeness (QED) is 0.919. The molecule has 2 nitrogen and oxygen atoms in total. The van der Waals surface area contributed by atoms with E-state index in [1.54, 1.807) is 6.08 Å². The molecule has 0 aliphatic heterocycles. The van der Waals surface area contributed by atoms with Gasteiger partial charge in [-0.25, -0.2) is 0 Å². The molecule has 0 amide bonds. The van der Waals surface area contributed by atoms with Crippen molar-refractivity contribution in [3.05, 3.63) is 34.8 Å². The second-order valence-corrected chi connectivity index (χ2v) is 5.06. The van der Waals surface area contributed by atoms with Gasteiger partial charge >= 0.3 is 0 Å². The van der Waals surface area contributed by atoms with Gasteiger partial charge in [0.1, 0.15) is 5.75 Å². The van der Waals surface area contributed by atoms with E-state index in [2.05, 4.69) is 22.5 Å². The Morgan fingerprint density at radius 3 is 2.88 bits per heavy atom. The van der Waals surface area contributed by atoms with Crippen molar-refractivity contribution in [1.82, 2.24) is 0 Å². The molecular formula is C13H15BrO2. The van der Waals surface area contributed by atoms with E-state index in [9.17, 15) is 0 Å². The largest absolute Gasteiger partial charge is 0.490 e. The number of rotatable bonds is 4. The van der Waals surface area contributed by atoms with Crippen molar-refractivity contribution in [2.75, 3.05) is 6.61 Å². The highest BCUT2D eigenvalue weighted by molar-refractivity contribution is 9.10. The molecule has 16 heavy (non-hydrogen) atoms. The van der Waals surface area contributed by atoms with E-state index < -0.39 is 0 Å². The second kappa shape index (κ2) is 5.02. The summed E-state index contributed by atoms with van der Waals surface area (Å²) in [6, 6.07) is 5.91. The Morgan fingerprint density at radius 1 is 1.50 bits per heavy atom. The van der Waals surface area contributed by atoms with Gasteiger partial charge in [0.25, 0.3) is 0 Å². The van der Waals surface area contributed by atoms with Crippen LogP contribution in [0.2, 0.25) is 0 Å². The molecule has 0 aromatic heterocycles. The standard InChI is InChI=1S/C13H15BrO2/c1-2-10-7-11(14)3-4-13(10)16-12-5-9(6-12)8-15/h2-4,7,9,12,15H,1,5-6,8H2. The molecule has 0 spiro atoms. The maximum absolute atomic E-state index is 8.93. The van der Waals surface area contributed by atoms with Crippen molar-refractivity contribution < 1.29 is 9.84 Å². The van der Waals surface area contributed by atoms with Crippen LogP contribution in [0, 0.1) is 5.92 Å². The van der Waals surface area contributed by atoms with Gasteiger partial charge in [0.2, 0.25) is 0 Å². The Hall–Kier alpha value is -0.800. The summed E-state index contributed by atoms with van der Waals surface area (Å²) in [6.45, 7) is 4.05. The smallest absolute Gasteiger partial charge is 0.126 e. The lowest BCUT2D eigenvalue weighted by Crippen LogP contribution is -2.35. The summed E-state index contributed by atoms with van der Waals surface area (Å²) < 4.78 is 6.88. The zero-order valence-electron chi connectivity index (χ0n) is 9.03. The van der Waals surface area contributed by atoms with Gasteiger partial charge in [-0.1, -0.05) is 28.6 Å². The number of ether oxygens (including phenoxy) is 1. The van der Waals surface area contributed by atoms with Crippen LogP contribution < -0.4 is 4.74 Å². The van der Waals surface area contributed by atoms with Crippen molar-refractivity contribution in [3.8, 4) is 5.75 Å². The van der Waals surface area contributed by atoms with E-state index in [1.165, 1.54) is 0 Å². The summed E-state index contributed by atoms with van der Waals surface area (Å²) in [4.78, 5) is 0. The first-order chi connectivity index (χ1) is 7.72. The zero-order chi connectivity index (χ0) is 11.5. The van der Waals surface area contributed by atoms with Crippen LogP contribution in [0.1, 0.15) is 18.4 Å². The van der Waals surface area contributed by atoms with E-state index in [4.69, 9.17) is 9.84 Å². The molecule has 1 aromatic carbocycles. The number of aliphatic hydroxyl groups excluding tert-OH is 1. The number of halogens is 1. The van der Waals surface area contributed by atoms with Gasteiger partial charge in [0.15, 0.2) is 0 Å². The van der Waals surface area contributed by atoms with Crippen molar-refractivity contribution in [3.63, 3.8) is 0 Å². The Bertz CT molecular complexity index is 384. The van der Waals surface area contributed by atoms with Crippen LogP contribution in [-0.4, -0.2) is 17.8 Å². The normalized spacial score (nSPS) is 23.6. The first-order valence-corrected chi connectivity index (χ1v) is 6.21. The molecule has 0 saturated heterocycles. The Kier molecular flexibility index (Phi) is 3.66. The molecule has 1 aliphatic rings. The van der Waals surface area contributed by atoms with E-state index >= 15 is 0 Å². The molecule has 0 radical (unpaired) electrons. The Morgan fingerprint density at radius 2 is 2.25 bits per heavy atom. The lowest BCUT2D eigenvalue weighted by molar-refractivity contribution is 0.0323. The molecule has 3 heteroatoms. The lowest BCUT2D eigenvalue weighted by atomic mass is 9.83. The van der Waals surface area contributed by atoms with Gasteiger partial charge in [-0.15, -0.1) is 0 Å². The van der Waals surface area contributed by atoms with E-state index in [0.717, 1.165) is 28.6 Å². The van der Waals surface area contributed by atoms with Crippen LogP contribution in [0.15, 0.2) is 29.3 Å². The highest BCUT2D eigenvalue weighted by atomic mass is 79.9. The molecule has 0 heterocycles. The van der Waals surface area contributed by atoms with Crippen molar-refractivity contribution in [1.29, 1.82) is 0 Å². The third-order valence-electron chi connectivity index (χ3n) is 2.94. The zero-order valence-corrected chi connectivity index (χ0v) is 10.6. The summed E-state index contributed by atoms with van der Waals surface area (Å²) in [5.74, 6) is 1.30. The minimum atomic E-state index is 0.247. The van der Waals surface area contributed by atoms with Gasteiger partial charge in [-0.2, -0.15) is 0 Å². The Labute approximate surface area is 104 Å². The van der Waals surface area contributed by atoms with Crippen molar-refractivity contribution >= 4 is 22.0 Å². The van der Waals surface area contributed by atoms with Gasteiger partial charge in [0, 0.05) is 16.6 Å². The van der Waals surface area contributed by atoms with Gasteiger partial charge in [-0.05, 0) is 37.0 Å². The molecule has 0 bridgehead atoms. The Balaban J connectivity index is 2.02. The predicted molar refractivity (Wildman–Crippen MR) is 68.5 cm³/mol. The molecule has 0 atom stereocenters. The maximum Gasteiger partial charge on any atom is 0.126 e. The minimum absolute atomic E-state index is 0.247. The molecule has 1 N–H and O–H groups in total. The molecular weight excluding hydrogens is 268 g/mol. The fourth-order valence-electron chi connectivity index (χ4n) is 1.89. The van der Waals surface area contributed by atoms with Crippen LogP contribution in [0.5, 0.6) is 5.75 Å². The van der Waals surface area contributed by atoms with Crippen LogP contribution in [0.3, 0.4) is 0 Å². The SMILES string of the molecule is C=Cc1cc(Br)ccc1OC1CC(CO)C1. The fraction of sp³-hybridized carbons (Fsp3) is 0.385. The fourth-order valence-corrected chi connectivity index (χ4v) is 2.26. The molecule has 1 aromatic rings. The van der Waals surface area contributed by atoms with Crippen LogP contribution >= 0.6 is 15.9 Å². The first kappa shape index (κ1) is 11.7. The van der Waals surface area contributed by atoms with Crippen LogP contribution in [0.25, 0.3) is 6.08 Å². The number of hydrogen-bond acceptors (Lipinski definition) is 2. The van der Waals surface area contributed by atoms with Crippen LogP contribution in [0.4, 0.5) is 0 Å². The summed E-state index contributed by atoms with van der Waals surface area (Å²) >= 11 is 3.42. The molecule has 0 unspecified atom stereocenters. The first-order valence-electron chi connectivity index (χ1n) is 5.42. The maximum atomic E-state index is 8.93. The van der Waals surface area contributed by atoms with Gasteiger partial charge < -0.3 is 9.84 Å². The van der Waals surface area contributed by atoms with E-state index in [-0.39, 0.29) is 12.7 Å². The second-order valence-electron chi connectivity index (χ2n) is 4.15. The average Bonchev–Trinajstić information content (AvgIpc) is 2.24. The van der Waals surface area contributed by atoms with E-state index in [0.29, 0.717) is 5.92 Å². The van der Waals surface area contributed by atoms with Crippen LogP contribution in [-0.2, 0) is 0 Å². The number of aliphatic hydroxyl groups is 1. The third kappa shape index (κ3) is 2.47. The highest BCUT2D eigenvalue weighted by Gasteiger charge is 2.30.